The van der Waals surface area contributed by atoms with Crippen LogP contribution in [0.4, 0.5) is 0 Å². The number of benzene rings is 9. The summed E-state index contributed by atoms with van der Waals surface area (Å²) in [7, 11) is 0. The van der Waals surface area contributed by atoms with E-state index in [9.17, 15) is 0 Å². The highest BCUT2D eigenvalue weighted by Gasteiger charge is 2.20. The van der Waals surface area contributed by atoms with Crippen molar-refractivity contribution in [1.29, 1.82) is 0 Å². The number of hydrogen-bond donors (Lipinski definition) is 0. The van der Waals surface area contributed by atoms with Crippen molar-refractivity contribution in [3.8, 4) is 56.1 Å². The Morgan fingerprint density at radius 3 is 1.00 bits per heavy atom. The predicted molar refractivity (Wildman–Crippen MR) is 287 cm³/mol. The van der Waals surface area contributed by atoms with Crippen LogP contribution in [0.1, 0.15) is 52.7 Å². The van der Waals surface area contributed by atoms with Gasteiger partial charge in [-0.1, -0.05) is 175 Å². The lowest BCUT2D eigenvalue weighted by Gasteiger charge is -2.19. The molecule has 0 spiro atoms. The van der Waals surface area contributed by atoms with Crippen molar-refractivity contribution in [1.82, 2.24) is 19.1 Å². The van der Waals surface area contributed by atoms with Gasteiger partial charge in [0, 0.05) is 44.0 Å². The van der Waals surface area contributed by atoms with Crippen LogP contribution < -0.4 is 0 Å². The van der Waals surface area contributed by atoms with Gasteiger partial charge >= 0.3 is 0 Å². The van der Waals surface area contributed by atoms with E-state index in [1.165, 1.54) is 77.2 Å². The van der Waals surface area contributed by atoms with Crippen LogP contribution >= 0.6 is 0 Å². The highest BCUT2D eigenvalue weighted by molar-refractivity contribution is 6.11. The number of para-hydroxylation sites is 4. The first kappa shape index (κ1) is 41.4. The highest BCUT2D eigenvalue weighted by atomic mass is 15.0. The molecule has 0 bridgehead atoms. The molecule has 0 aliphatic rings. The Kier molecular flexibility index (Phi) is 9.60. The van der Waals surface area contributed by atoms with Crippen molar-refractivity contribution >= 4 is 54.6 Å². The van der Waals surface area contributed by atoms with Gasteiger partial charge in [0.15, 0.2) is 0 Å². The summed E-state index contributed by atoms with van der Waals surface area (Å²) in [4.78, 5) is 10.5. The minimum absolute atomic E-state index is 0.0982. The van der Waals surface area contributed by atoms with E-state index in [-0.39, 0.29) is 10.8 Å². The molecule has 0 N–H and O–H groups in total. The van der Waals surface area contributed by atoms with E-state index in [4.69, 9.17) is 9.97 Å². The van der Waals surface area contributed by atoms with Crippen molar-refractivity contribution in [3.05, 3.63) is 217 Å². The van der Waals surface area contributed by atoms with E-state index in [0.717, 1.165) is 44.7 Å². The second-order valence-corrected chi connectivity index (χ2v) is 20.3. The Bertz CT molecular complexity index is 3620. The SMILES string of the molecule is CC(C)(C)c1ccc(-n2c3ccccc3c3cc(-c4ccc(-c5nc6ccccc6nc5-c5ccc(-c6ccc7c(c6)c6ccccc6n7-c6ccc(C(C)(C)C)cc6)cc5)cc4)ccc32)cc1. The van der Waals surface area contributed by atoms with Crippen molar-refractivity contribution in [3.63, 3.8) is 0 Å². The molecule has 68 heavy (non-hydrogen) atoms. The van der Waals surface area contributed by atoms with E-state index >= 15 is 0 Å². The lowest BCUT2D eigenvalue weighted by molar-refractivity contribution is 0.590. The molecule has 0 aliphatic heterocycles. The van der Waals surface area contributed by atoms with Gasteiger partial charge in [-0.25, -0.2) is 9.97 Å². The van der Waals surface area contributed by atoms with Crippen LogP contribution in [0, 0.1) is 0 Å². The standard InChI is InChI=1S/C64H52N4/c1-63(2,3)47-29-33-49(34-30-47)67-57-17-11-7-13-51(57)53-39-45(27-37-59(53)67)41-19-23-43(24-20-41)61-62(66-56-16-10-9-15-55(56)65-61)44-25-21-42(22-26-44)46-28-38-60-54(40-46)52-14-8-12-18-58(52)68(60)50-35-31-48(32-36-50)64(4,5)6/h7-40H,1-6H3. The zero-order valence-corrected chi connectivity index (χ0v) is 39.4. The minimum atomic E-state index is 0.0982. The molecule has 0 saturated carbocycles. The van der Waals surface area contributed by atoms with E-state index in [1.807, 2.05) is 24.3 Å². The largest absolute Gasteiger partial charge is 0.309 e. The lowest BCUT2D eigenvalue weighted by Crippen LogP contribution is -2.10. The van der Waals surface area contributed by atoms with Crippen LogP contribution in [0.2, 0.25) is 0 Å². The van der Waals surface area contributed by atoms with Crippen LogP contribution in [0.25, 0.3) is 111 Å². The molecule has 0 saturated heterocycles. The number of fused-ring (bicyclic) bond motifs is 7. The minimum Gasteiger partial charge on any atom is -0.309 e. The molecule has 12 aromatic rings. The predicted octanol–water partition coefficient (Wildman–Crippen LogP) is 17.1. The Morgan fingerprint density at radius 2 is 0.618 bits per heavy atom. The second kappa shape index (κ2) is 15.8. The van der Waals surface area contributed by atoms with Crippen molar-refractivity contribution in [2.24, 2.45) is 0 Å². The van der Waals surface area contributed by atoms with E-state index < -0.39 is 0 Å². The third kappa shape index (κ3) is 7.07. The summed E-state index contributed by atoms with van der Waals surface area (Å²) >= 11 is 0. The quantitative estimate of drug-likeness (QED) is 0.167. The summed E-state index contributed by atoms with van der Waals surface area (Å²) in [5.74, 6) is 0. The molecule has 4 heteroatoms. The molecule has 3 aromatic heterocycles. The van der Waals surface area contributed by atoms with Crippen molar-refractivity contribution < 1.29 is 0 Å². The molecule has 0 radical (unpaired) electrons. The maximum atomic E-state index is 5.27. The summed E-state index contributed by atoms with van der Waals surface area (Å²) < 4.78 is 4.78. The van der Waals surface area contributed by atoms with Crippen molar-refractivity contribution in [2.45, 2.75) is 52.4 Å². The lowest BCUT2D eigenvalue weighted by atomic mass is 9.87. The van der Waals surface area contributed by atoms with Gasteiger partial charge in [0.2, 0.25) is 0 Å². The molecule has 3 heterocycles. The van der Waals surface area contributed by atoms with Crippen LogP contribution in [0.15, 0.2) is 206 Å². The van der Waals surface area contributed by atoms with Gasteiger partial charge in [-0.2, -0.15) is 0 Å². The Labute approximate surface area is 397 Å². The number of hydrogen-bond acceptors (Lipinski definition) is 2. The molecular formula is C64H52N4. The first-order valence-corrected chi connectivity index (χ1v) is 23.7. The molecular weight excluding hydrogens is 825 g/mol. The maximum absolute atomic E-state index is 5.27. The highest BCUT2D eigenvalue weighted by Crippen LogP contribution is 2.39. The topological polar surface area (TPSA) is 35.6 Å². The molecule has 12 rings (SSSR count). The van der Waals surface area contributed by atoms with Crippen LogP contribution in [-0.4, -0.2) is 19.1 Å². The summed E-state index contributed by atoms with van der Waals surface area (Å²) in [6.07, 6.45) is 0. The van der Waals surface area contributed by atoms with E-state index in [0.29, 0.717) is 0 Å². The normalized spacial score (nSPS) is 12.3. The smallest absolute Gasteiger partial charge is 0.0973 e. The van der Waals surface area contributed by atoms with Gasteiger partial charge < -0.3 is 9.13 Å². The molecule has 0 fully saturated rings. The van der Waals surface area contributed by atoms with Gasteiger partial charge in [0.1, 0.15) is 0 Å². The Balaban J connectivity index is 0.885. The van der Waals surface area contributed by atoms with Crippen LogP contribution in [-0.2, 0) is 10.8 Å². The molecule has 4 nitrogen and oxygen atoms in total. The van der Waals surface area contributed by atoms with Gasteiger partial charge in [0.05, 0.1) is 44.5 Å². The summed E-state index contributed by atoms with van der Waals surface area (Å²) in [6.45, 7) is 13.6. The van der Waals surface area contributed by atoms with E-state index in [2.05, 4.69) is 233 Å². The monoisotopic (exact) mass is 876 g/mol. The fraction of sp³-hybridized carbons (Fsp3) is 0.125. The molecule has 328 valence electrons. The summed E-state index contributed by atoms with van der Waals surface area (Å²) in [6, 6.07) is 75.1. The number of nitrogens with zero attached hydrogens (tertiary/aromatic N) is 4. The van der Waals surface area contributed by atoms with Gasteiger partial charge in [-0.15, -0.1) is 0 Å². The number of rotatable bonds is 6. The first-order chi connectivity index (χ1) is 33.0. The average molecular weight is 877 g/mol. The third-order valence-corrected chi connectivity index (χ3v) is 13.9. The Hall–Kier alpha value is -8.08. The molecule has 0 atom stereocenters. The number of aromatic nitrogens is 4. The van der Waals surface area contributed by atoms with Gasteiger partial charge in [-0.3, -0.25) is 0 Å². The van der Waals surface area contributed by atoms with Crippen LogP contribution in [0.5, 0.6) is 0 Å². The fourth-order valence-corrected chi connectivity index (χ4v) is 10.1. The molecule has 0 amide bonds. The zero-order chi connectivity index (χ0) is 46.3. The summed E-state index contributed by atoms with van der Waals surface area (Å²) in [5, 5.41) is 4.96. The van der Waals surface area contributed by atoms with Crippen molar-refractivity contribution in [2.75, 3.05) is 0 Å². The van der Waals surface area contributed by atoms with Crippen LogP contribution in [0.3, 0.4) is 0 Å². The summed E-state index contributed by atoms with van der Waals surface area (Å²) in [5.41, 5.74) is 20.2. The second-order valence-electron chi connectivity index (χ2n) is 20.3. The van der Waals surface area contributed by atoms with E-state index in [1.54, 1.807) is 0 Å². The Morgan fingerprint density at radius 1 is 0.294 bits per heavy atom. The zero-order valence-electron chi connectivity index (χ0n) is 39.4. The van der Waals surface area contributed by atoms with Gasteiger partial charge in [-0.05, 0) is 117 Å². The van der Waals surface area contributed by atoms with Gasteiger partial charge in [0.25, 0.3) is 0 Å². The molecule has 0 aliphatic carbocycles. The maximum Gasteiger partial charge on any atom is 0.0973 e. The molecule has 0 unspecified atom stereocenters. The third-order valence-electron chi connectivity index (χ3n) is 13.9. The first-order valence-electron chi connectivity index (χ1n) is 23.7. The molecule has 9 aromatic carbocycles. The average Bonchev–Trinajstić information content (AvgIpc) is 3.88. The fourth-order valence-electron chi connectivity index (χ4n) is 10.1.